The number of hydrogen-bond acceptors (Lipinski definition) is 2. The van der Waals surface area contributed by atoms with Crippen molar-refractivity contribution in [2.24, 2.45) is 17.3 Å². The molecular weight excluding hydrogens is 312 g/mol. The first-order valence-corrected chi connectivity index (χ1v) is 8.92. The van der Waals surface area contributed by atoms with Crippen LogP contribution in [0.4, 0.5) is 5.69 Å². The first-order chi connectivity index (χ1) is 11.9. The van der Waals surface area contributed by atoms with Gasteiger partial charge in [-0.05, 0) is 66.9 Å². The van der Waals surface area contributed by atoms with E-state index in [-0.39, 0.29) is 11.8 Å². The smallest absolute Gasteiger partial charge is 0.251 e. The van der Waals surface area contributed by atoms with Crippen LogP contribution in [-0.2, 0) is 4.79 Å². The van der Waals surface area contributed by atoms with E-state index in [4.69, 9.17) is 0 Å². The van der Waals surface area contributed by atoms with Crippen molar-refractivity contribution in [2.75, 3.05) is 11.9 Å². The highest BCUT2D eigenvalue weighted by atomic mass is 16.2. The van der Waals surface area contributed by atoms with Gasteiger partial charge < -0.3 is 10.6 Å². The highest BCUT2D eigenvalue weighted by molar-refractivity contribution is 5.99. The highest BCUT2D eigenvalue weighted by Gasteiger charge is 2.50. The molecule has 2 atom stereocenters. The van der Waals surface area contributed by atoms with Gasteiger partial charge in [-0.25, -0.2) is 0 Å². The van der Waals surface area contributed by atoms with E-state index >= 15 is 0 Å². The van der Waals surface area contributed by atoms with Crippen LogP contribution in [0.15, 0.2) is 48.6 Å². The number of carbonyl (C=O) groups excluding carboxylic acids is 2. The van der Waals surface area contributed by atoms with Gasteiger partial charge in [0.05, 0.1) is 0 Å². The molecule has 0 aromatic heterocycles. The van der Waals surface area contributed by atoms with Crippen molar-refractivity contribution in [3.63, 3.8) is 0 Å². The lowest BCUT2D eigenvalue weighted by atomic mass is 9.48. The van der Waals surface area contributed by atoms with Crippen molar-refractivity contribution < 1.29 is 9.59 Å². The first kappa shape index (κ1) is 17.5. The van der Waals surface area contributed by atoms with Crippen molar-refractivity contribution in [1.29, 1.82) is 0 Å². The summed E-state index contributed by atoms with van der Waals surface area (Å²) in [7, 11) is 0. The molecule has 132 valence electrons. The molecule has 1 saturated carbocycles. The number of allylic oxidation sites excluding steroid dienone is 1. The van der Waals surface area contributed by atoms with Crippen molar-refractivity contribution in [3.05, 3.63) is 54.1 Å². The largest absolute Gasteiger partial charge is 0.352 e. The molecule has 0 aliphatic heterocycles. The molecule has 3 aliphatic rings. The van der Waals surface area contributed by atoms with Gasteiger partial charge in [0.2, 0.25) is 5.91 Å². The lowest BCUT2D eigenvalue weighted by molar-refractivity contribution is -0.111. The monoisotopic (exact) mass is 338 g/mol. The Kier molecular flexibility index (Phi) is 4.80. The first-order valence-electron chi connectivity index (χ1n) is 8.92. The Morgan fingerprint density at radius 3 is 2.60 bits per heavy atom. The van der Waals surface area contributed by atoms with Crippen LogP contribution in [0, 0.1) is 17.3 Å². The second-order valence-corrected chi connectivity index (χ2v) is 7.60. The van der Waals surface area contributed by atoms with Gasteiger partial charge in [0.1, 0.15) is 0 Å². The van der Waals surface area contributed by atoms with E-state index in [0.717, 1.165) is 12.3 Å². The summed E-state index contributed by atoms with van der Waals surface area (Å²) in [6.07, 6.45) is 7.02. The van der Waals surface area contributed by atoms with Gasteiger partial charge >= 0.3 is 0 Å². The fourth-order valence-electron chi connectivity index (χ4n) is 4.08. The second-order valence-electron chi connectivity index (χ2n) is 7.60. The molecule has 0 unspecified atom stereocenters. The third-order valence-electron chi connectivity index (χ3n) is 5.88. The third kappa shape index (κ3) is 3.53. The maximum absolute atomic E-state index is 12.3. The normalized spacial score (nSPS) is 23.0. The van der Waals surface area contributed by atoms with Crippen LogP contribution in [0.1, 0.15) is 43.5 Å². The standard InChI is InChI=1S/C21H26N2O2/c1-4-19(24)23-17-9-6-15(7-10-17)20(25)22-12-11-14-5-8-16-13-18(14)21(16,2)3/h4-7,9-10,16,18H,1,8,11-13H2,2-3H3,(H,22,25)(H,23,24)/t16-,18-/m0/s1. The Morgan fingerprint density at radius 1 is 1.28 bits per heavy atom. The number of carbonyl (C=O) groups is 2. The lowest BCUT2D eigenvalue weighted by Crippen LogP contribution is -2.48. The SMILES string of the molecule is C=CC(=O)Nc1ccc(C(=O)NCCC2=CC[C@H]3C[C@@H]2C3(C)C)cc1. The molecule has 0 heterocycles. The average Bonchev–Trinajstić information content (AvgIpc) is 2.62. The predicted molar refractivity (Wildman–Crippen MR) is 100 cm³/mol. The molecule has 4 nitrogen and oxygen atoms in total. The maximum Gasteiger partial charge on any atom is 0.251 e. The molecule has 1 aromatic carbocycles. The Labute approximate surface area is 149 Å². The number of hydrogen-bond donors (Lipinski definition) is 2. The molecule has 1 fully saturated rings. The Balaban J connectivity index is 1.49. The molecule has 4 heteroatoms. The van der Waals surface area contributed by atoms with Crippen LogP contribution in [0.2, 0.25) is 0 Å². The molecule has 4 rings (SSSR count). The zero-order chi connectivity index (χ0) is 18.0. The van der Waals surface area contributed by atoms with Crippen LogP contribution >= 0.6 is 0 Å². The molecule has 3 aliphatic carbocycles. The van der Waals surface area contributed by atoms with Gasteiger partial charge in [-0.3, -0.25) is 9.59 Å². The van der Waals surface area contributed by atoms with E-state index in [9.17, 15) is 9.59 Å². The third-order valence-corrected chi connectivity index (χ3v) is 5.88. The van der Waals surface area contributed by atoms with Gasteiger partial charge in [-0.2, -0.15) is 0 Å². The minimum absolute atomic E-state index is 0.0799. The summed E-state index contributed by atoms with van der Waals surface area (Å²) < 4.78 is 0. The average molecular weight is 338 g/mol. The van der Waals surface area contributed by atoms with Gasteiger partial charge in [0.15, 0.2) is 0 Å². The summed E-state index contributed by atoms with van der Waals surface area (Å²) >= 11 is 0. The summed E-state index contributed by atoms with van der Waals surface area (Å²) in [5.41, 5.74) is 3.18. The maximum atomic E-state index is 12.3. The molecule has 2 bridgehead atoms. The van der Waals surface area contributed by atoms with Gasteiger partial charge in [0.25, 0.3) is 5.91 Å². The van der Waals surface area contributed by atoms with Crippen molar-refractivity contribution in [1.82, 2.24) is 5.32 Å². The van der Waals surface area contributed by atoms with Crippen molar-refractivity contribution in [2.45, 2.75) is 33.1 Å². The number of fused-ring (bicyclic) bond motifs is 1. The molecule has 25 heavy (non-hydrogen) atoms. The molecule has 2 N–H and O–H groups in total. The highest BCUT2D eigenvalue weighted by Crippen LogP contribution is 2.59. The van der Waals surface area contributed by atoms with Crippen LogP contribution in [-0.4, -0.2) is 18.4 Å². The summed E-state index contributed by atoms with van der Waals surface area (Å²) in [5, 5.41) is 5.66. The fraction of sp³-hybridized carbons (Fsp3) is 0.429. The molecule has 1 aromatic rings. The molecule has 0 spiro atoms. The zero-order valence-electron chi connectivity index (χ0n) is 15.0. The zero-order valence-corrected chi connectivity index (χ0v) is 15.0. The number of amides is 2. The minimum atomic E-state index is -0.265. The number of anilines is 1. The van der Waals surface area contributed by atoms with Crippen molar-refractivity contribution >= 4 is 17.5 Å². The summed E-state index contributed by atoms with van der Waals surface area (Å²) in [5.74, 6) is 1.19. The van der Waals surface area contributed by atoms with E-state index in [1.54, 1.807) is 24.3 Å². The van der Waals surface area contributed by atoms with E-state index in [0.29, 0.717) is 29.1 Å². The van der Waals surface area contributed by atoms with Crippen LogP contribution in [0.25, 0.3) is 0 Å². The summed E-state index contributed by atoms with van der Waals surface area (Å²) in [6.45, 7) is 8.81. The lowest BCUT2D eigenvalue weighted by Gasteiger charge is -2.56. The Morgan fingerprint density at radius 2 is 2.00 bits per heavy atom. The van der Waals surface area contributed by atoms with Crippen LogP contribution < -0.4 is 10.6 Å². The quantitative estimate of drug-likeness (QED) is 0.610. The molecule has 2 amide bonds. The Hall–Kier alpha value is -2.36. The van der Waals surface area contributed by atoms with Crippen LogP contribution in [0.3, 0.4) is 0 Å². The predicted octanol–water partition coefficient (Wildman–Crippen LogP) is 3.92. The van der Waals surface area contributed by atoms with E-state index in [1.807, 2.05) is 0 Å². The van der Waals surface area contributed by atoms with E-state index < -0.39 is 0 Å². The molecular formula is C21H26N2O2. The van der Waals surface area contributed by atoms with Crippen LogP contribution in [0.5, 0.6) is 0 Å². The van der Waals surface area contributed by atoms with Gasteiger partial charge in [-0.1, -0.05) is 32.1 Å². The van der Waals surface area contributed by atoms with Crippen molar-refractivity contribution in [3.8, 4) is 0 Å². The van der Waals surface area contributed by atoms with E-state index in [2.05, 4.69) is 37.1 Å². The van der Waals surface area contributed by atoms with Gasteiger partial charge in [-0.15, -0.1) is 0 Å². The number of nitrogens with one attached hydrogen (secondary N) is 2. The van der Waals surface area contributed by atoms with E-state index in [1.165, 1.54) is 24.5 Å². The summed E-state index contributed by atoms with van der Waals surface area (Å²) in [6, 6.07) is 6.87. The molecule has 0 saturated heterocycles. The second kappa shape index (κ2) is 6.87. The summed E-state index contributed by atoms with van der Waals surface area (Å²) in [4.78, 5) is 23.5. The molecule has 0 radical (unpaired) electrons. The number of benzene rings is 1. The fourth-order valence-corrected chi connectivity index (χ4v) is 4.08. The number of rotatable bonds is 6. The minimum Gasteiger partial charge on any atom is -0.352 e. The van der Waals surface area contributed by atoms with Gasteiger partial charge in [0, 0.05) is 17.8 Å². The topological polar surface area (TPSA) is 58.2 Å². The Bertz CT molecular complexity index is 716.